The summed E-state index contributed by atoms with van der Waals surface area (Å²) in [5, 5.41) is 3.56. The predicted octanol–water partition coefficient (Wildman–Crippen LogP) is 3.81. The van der Waals surface area contributed by atoms with Gasteiger partial charge in [0.1, 0.15) is 5.76 Å². The van der Waals surface area contributed by atoms with E-state index in [4.69, 9.17) is 4.42 Å². The van der Waals surface area contributed by atoms with Crippen molar-refractivity contribution in [2.45, 2.75) is 38.3 Å². The summed E-state index contributed by atoms with van der Waals surface area (Å²) in [5.74, 6) is 1.21. The zero-order valence-corrected chi connectivity index (χ0v) is 12.7. The number of anilines is 1. The van der Waals surface area contributed by atoms with Crippen molar-refractivity contribution in [3.63, 3.8) is 0 Å². The molecule has 1 N–H and O–H groups in total. The van der Waals surface area contributed by atoms with Crippen LogP contribution >= 0.6 is 0 Å². The van der Waals surface area contributed by atoms with E-state index in [1.165, 1.54) is 11.1 Å². The molecule has 1 aromatic carbocycles. The molecular weight excluding hydrogens is 276 g/mol. The number of likely N-dealkylation sites (tertiary alicyclic amines) is 1. The summed E-state index contributed by atoms with van der Waals surface area (Å²) in [4.78, 5) is 14.3. The Kier molecular flexibility index (Phi) is 3.17. The lowest BCUT2D eigenvalue weighted by molar-refractivity contribution is -0.130. The Balaban J connectivity index is 1.75. The fourth-order valence-electron chi connectivity index (χ4n) is 3.66. The molecule has 0 radical (unpaired) electrons. The van der Waals surface area contributed by atoms with Crippen LogP contribution in [0.25, 0.3) is 0 Å². The molecule has 1 fully saturated rings. The zero-order chi connectivity index (χ0) is 15.1. The highest BCUT2D eigenvalue weighted by atomic mass is 16.3. The fraction of sp³-hybridized carbons (Fsp3) is 0.389. The Morgan fingerprint density at radius 1 is 1.32 bits per heavy atom. The summed E-state index contributed by atoms with van der Waals surface area (Å²) in [6, 6.07) is 10.6. The van der Waals surface area contributed by atoms with Crippen LogP contribution in [-0.4, -0.2) is 17.4 Å². The van der Waals surface area contributed by atoms with Crippen molar-refractivity contribution >= 4 is 11.6 Å². The Labute approximate surface area is 130 Å². The van der Waals surface area contributed by atoms with E-state index in [0.717, 1.165) is 30.8 Å². The SMILES string of the molecule is Cc1ccc2c(c1)C(N1CCCC1=O)C[C@@H](c1ccco1)N2. The Morgan fingerprint density at radius 3 is 2.95 bits per heavy atom. The lowest BCUT2D eigenvalue weighted by Gasteiger charge is -2.37. The van der Waals surface area contributed by atoms with E-state index in [9.17, 15) is 4.79 Å². The average molecular weight is 296 g/mol. The third kappa shape index (κ3) is 2.19. The number of carbonyl (C=O) groups is 1. The van der Waals surface area contributed by atoms with Crippen LogP contribution in [0.1, 0.15) is 48.2 Å². The predicted molar refractivity (Wildman–Crippen MR) is 84.6 cm³/mol. The second-order valence-electron chi connectivity index (χ2n) is 6.25. The van der Waals surface area contributed by atoms with Gasteiger partial charge in [-0.1, -0.05) is 17.7 Å². The van der Waals surface area contributed by atoms with Gasteiger partial charge in [-0.25, -0.2) is 0 Å². The maximum absolute atomic E-state index is 12.2. The number of fused-ring (bicyclic) bond motifs is 1. The maximum Gasteiger partial charge on any atom is 0.223 e. The molecule has 4 rings (SSSR count). The molecule has 1 unspecified atom stereocenters. The summed E-state index contributed by atoms with van der Waals surface area (Å²) in [6.45, 7) is 2.96. The number of furan rings is 1. The molecular formula is C18H20N2O2. The molecule has 0 bridgehead atoms. The summed E-state index contributed by atoms with van der Waals surface area (Å²) in [6.07, 6.45) is 4.21. The number of nitrogens with one attached hydrogen (secondary N) is 1. The van der Waals surface area contributed by atoms with E-state index in [1.54, 1.807) is 6.26 Å². The number of hydrogen-bond acceptors (Lipinski definition) is 3. The Morgan fingerprint density at radius 2 is 2.23 bits per heavy atom. The van der Waals surface area contributed by atoms with Crippen molar-refractivity contribution in [3.8, 4) is 0 Å². The van der Waals surface area contributed by atoms with Gasteiger partial charge in [-0.15, -0.1) is 0 Å². The number of carbonyl (C=O) groups excluding carboxylic acids is 1. The van der Waals surface area contributed by atoms with Crippen molar-refractivity contribution in [2.75, 3.05) is 11.9 Å². The highest BCUT2D eigenvalue weighted by molar-refractivity contribution is 5.79. The molecule has 4 nitrogen and oxygen atoms in total. The minimum atomic E-state index is 0.114. The van der Waals surface area contributed by atoms with E-state index in [-0.39, 0.29) is 18.0 Å². The summed E-state index contributed by atoms with van der Waals surface area (Å²) >= 11 is 0. The molecule has 22 heavy (non-hydrogen) atoms. The van der Waals surface area contributed by atoms with Gasteiger partial charge in [-0.3, -0.25) is 4.79 Å². The minimum Gasteiger partial charge on any atom is -0.467 e. The molecule has 1 amide bonds. The number of nitrogens with zero attached hydrogens (tertiary/aromatic N) is 1. The Bertz CT molecular complexity index is 693. The van der Waals surface area contributed by atoms with Crippen molar-refractivity contribution < 1.29 is 9.21 Å². The Hall–Kier alpha value is -2.23. The quantitative estimate of drug-likeness (QED) is 0.916. The van der Waals surface area contributed by atoms with Crippen molar-refractivity contribution in [2.24, 2.45) is 0 Å². The first kappa shape index (κ1) is 13.4. The smallest absolute Gasteiger partial charge is 0.223 e. The van der Waals surface area contributed by atoms with Gasteiger partial charge in [0.15, 0.2) is 0 Å². The third-order valence-electron chi connectivity index (χ3n) is 4.73. The van der Waals surface area contributed by atoms with Gasteiger partial charge in [-0.2, -0.15) is 0 Å². The standard InChI is InChI=1S/C18H20N2O2/c1-12-6-7-14-13(10-12)16(20-8-2-5-18(20)21)11-15(19-14)17-4-3-9-22-17/h3-4,6-7,9-10,15-16,19H,2,5,8,11H2,1H3/t15-,16?/m0/s1. The van der Waals surface area contributed by atoms with E-state index >= 15 is 0 Å². The lowest BCUT2D eigenvalue weighted by atomic mass is 9.89. The highest BCUT2D eigenvalue weighted by Gasteiger charge is 2.36. The second kappa shape index (κ2) is 5.20. The largest absolute Gasteiger partial charge is 0.467 e. The highest BCUT2D eigenvalue weighted by Crippen LogP contribution is 2.43. The number of amides is 1. The van der Waals surface area contributed by atoms with Crippen LogP contribution in [0.15, 0.2) is 41.0 Å². The molecule has 114 valence electrons. The zero-order valence-electron chi connectivity index (χ0n) is 12.7. The topological polar surface area (TPSA) is 45.5 Å². The van der Waals surface area contributed by atoms with Crippen molar-refractivity contribution in [3.05, 3.63) is 53.5 Å². The van der Waals surface area contributed by atoms with Crippen molar-refractivity contribution in [1.29, 1.82) is 0 Å². The van der Waals surface area contributed by atoms with Crippen LogP contribution in [0.2, 0.25) is 0 Å². The van der Waals surface area contributed by atoms with Crippen LogP contribution in [0.5, 0.6) is 0 Å². The van der Waals surface area contributed by atoms with Gasteiger partial charge in [-0.05, 0) is 43.5 Å². The molecule has 2 aliphatic heterocycles. The molecule has 2 atom stereocenters. The first-order valence-corrected chi connectivity index (χ1v) is 7.92. The van der Waals surface area contributed by atoms with Gasteiger partial charge in [0.05, 0.1) is 18.3 Å². The molecule has 1 saturated heterocycles. The molecule has 4 heteroatoms. The number of benzene rings is 1. The molecule has 0 spiro atoms. The number of rotatable bonds is 2. The minimum absolute atomic E-state index is 0.114. The van der Waals surface area contributed by atoms with E-state index in [0.29, 0.717) is 6.42 Å². The number of aryl methyl sites for hydroxylation is 1. The van der Waals surface area contributed by atoms with E-state index in [1.807, 2.05) is 12.1 Å². The van der Waals surface area contributed by atoms with Gasteiger partial charge in [0.25, 0.3) is 0 Å². The van der Waals surface area contributed by atoms with Crippen LogP contribution < -0.4 is 5.32 Å². The van der Waals surface area contributed by atoms with Crippen molar-refractivity contribution in [1.82, 2.24) is 4.90 Å². The van der Waals surface area contributed by atoms with E-state index in [2.05, 4.69) is 35.3 Å². The molecule has 2 aliphatic rings. The molecule has 0 saturated carbocycles. The second-order valence-corrected chi connectivity index (χ2v) is 6.25. The van der Waals surface area contributed by atoms with Gasteiger partial charge in [0.2, 0.25) is 5.91 Å². The number of hydrogen-bond donors (Lipinski definition) is 1. The van der Waals surface area contributed by atoms with Crippen LogP contribution in [0.4, 0.5) is 5.69 Å². The van der Waals surface area contributed by atoms with E-state index < -0.39 is 0 Å². The molecule has 3 heterocycles. The molecule has 1 aromatic heterocycles. The summed E-state index contributed by atoms with van der Waals surface area (Å²) < 4.78 is 5.58. The van der Waals surface area contributed by atoms with Crippen LogP contribution in [0, 0.1) is 6.92 Å². The monoisotopic (exact) mass is 296 g/mol. The first-order valence-electron chi connectivity index (χ1n) is 7.92. The van der Waals surface area contributed by atoms with Gasteiger partial charge in [0, 0.05) is 18.7 Å². The maximum atomic E-state index is 12.2. The summed E-state index contributed by atoms with van der Waals surface area (Å²) in [5.41, 5.74) is 3.58. The average Bonchev–Trinajstić information content (AvgIpc) is 3.18. The van der Waals surface area contributed by atoms with Crippen LogP contribution in [-0.2, 0) is 4.79 Å². The van der Waals surface area contributed by atoms with Gasteiger partial charge < -0.3 is 14.6 Å². The summed E-state index contributed by atoms with van der Waals surface area (Å²) in [7, 11) is 0. The first-order chi connectivity index (χ1) is 10.7. The fourth-order valence-corrected chi connectivity index (χ4v) is 3.66. The van der Waals surface area contributed by atoms with Gasteiger partial charge >= 0.3 is 0 Å². The lowest BCUT2D eigenvalue weighted by Crippen LogP contribution is -2.35. The molecule has 0 aliphatic carbocycles. The third-order valence-corrected chi connectivity index (χ3v) is 4.73. The normalized spacial score (nSPS) is 24.2. The molecule has 2 aromatic rings. The van der Waals surface area contributed by atoms with Crippen LogP contribution in [0.3, 0.4) is 0 Å².